The summed E-state index contributed by atoms with van der Waals surface area (Å²) < 4.78 is 0. The molecular formula is C13H23NO3. The van der Waals surface area contributed by atoms with E-state index in [4.69, 9.17) is 5.11 Å². The Bertz CT molecular complexity index is 295. The highest BCUT2D eigenvalue weighted by atomic mass is 16.4. The predicted octanol–water partition coefficient (Wildman–Crippen LogP) is 2.14. The van der Waals surface area contributed by atoms with E-state index in [1.165, 1.54) is 0 Å². The number of carboxylic acids is 1. The lowest BCUT2D eigenvalue weighted by molar-refractivity contribution is -0.166. The quantitative estimate of drug-likeness (QED) is 0.725. The van der Waals surface area contributed by atoms with Gasteiger partial charge in [0.05, 0.1) is 0 Å². The van der Waals surface area contributed by atoms with Gasteiger partial charge >= 0.3 is 5.97 Å². The van der Waals surface area contributed by atoms with Crippen molar-refractivity contribution in [3.05, 3.63) is 0 Å². The first-order valence-electron chi connectivity index (χ1n) is 6.39. The molecule has 1 aliphatic carbocycles. The molecule has 0 heterocycles. The summed E-state index contributed by atoms with van der Waals surface area (Å²) in [7, 11) is 1.71. The Morgan fingerprint density at radius 1 is 1.35 bits per heavy atom. The lowest BCUT2D eigenvalue weighted by Gasteiger charge is -2.38. The van der Waals surface area contributed by atoms with Crippen molar-refractivity contribution < 1.29 is 14.7 Å². The maximum atomic E-state index is 12.1. The smallest absolute Gasteiger partial charge is 0.319 e. The molecule has 1 rings (SSSR count). The number of carbonyl (C=O) groups is 2. The number of carboxylic acid groups (broad SMARTS) is 1. The van der Waals surface area contributed by atoms with Crippen molar-refractivity contribution in [2.45, 2.75) is 46.0 Å². The highest BCUT2D eigenvalue weighted by Crippen LogP contribution is 2.42. The molecule has 0 spiro atoms. The Morgan fingerprint density at radius 2 is 1.94 bits per heavy atom. The molecule has 17 heavy (non-hydrogen) atoms. The second kappa shape index (κ2) is 5.52. The number of carbonyl (C=O) groups excluding carboxylic acids is 1. The molecule has 1 saturated carbocycles. The molecule has 0 aliphatic heterocycles. The maximum absolute atomic E-state index is 12.1. The van der Waals surface area contributed by atoms with Crippen LogP contribution in [0.2, 0.25) is 0 Å². The Morgan fingerprint density at radius 3 is 2.29 bits per heavy atom. The van der Waals surface area contributed by atoms with E-state index in [1.807, 2.05) is 0 Å². The monoisotopic (exact) mass is 241 g/mol. The first-order chi connectivity index (χ1) is 7.90. The van der Waals surface area contributed by atoms with Crippen LogP contribution in [0.5, 0.6) is 0 Å². The van der Waals surface area contributed by atoms with Gasteiger partial charge < -0.3 is 10.0 Å². The summed E-state index contributed by atoms with van der Waals surface area (Å²) in [6.45, 7) is 4.95. The lowest BCUT2D eigenvalue weighted by Crippen LogP contribution is -2.51. The average Bonchev–Trinajstić information content (AvgIpc) is 2.14. The SMILES string of the molecule is CC(C)CCCN(C)C(=O)C1(C(=O)O)CCC1. The molecule has 0 aromatic carbocycles. The molecule has 0 aromatic rings. The van der Waals surface area contributed by atoms with Crippen LogP contribution in [0.25, 0.3) is 0 Å². The van der Waals surface area contributed by atoms with E-state index in [1.54, 1.807) is 11.9 Å². The van der Waals surface area contributed by atoms with E-state index in [0.717, 1.165) is 19.3 Å². The normalized spacial score (nSPS) is 17.6. The van der Waals surface area contributed by atoms with Gasteiger partial charge in [-0.2, -0.15) is 0 Å². The van der Waals surface area contributed by atoms with Crippen LogP contribution in [0.4, 0.5) is 0 Å². The minimum absolute atomic E-state index is 0.208. The Balaban J connectivity index is 2.48. The van der Waals surface area contributed by atoms with Gasteiger partial charge in [-0.15, -0.1) is 0 Å². The number of amides is 1. The predicted molar refractivity (Wildman–Crippen MR) is 65.6 cm³/mol. The molecule has 0 radical (unpaired) electrons. The van der Waals surface area contributed by atoms with Crippen LogP contribution in [-0.4, -0.2) is 35.5 Å². The number of aliphatic carboxylic acids is 1. The summed E-state index contributed by atoms with van der Waals surface area (Å²) in [5.74, 6) is -0.542. The molecule has 0 saturated heterocycles. The summed E-state index contributed by atoms with van der Waals surface area (Å²) >= 11 is 0. The van der Waals surface area contributed by atoms with Crippen molar-refractivity contribution in [1.82, 2.24) is 4.90 Å². The Labute approximate surface area is 103 Å². The zero-order valence-electron chi connectivity index (χ0n) is 11.0. The molecule has 1 N–H and O–H groups in total. The third-order valence-corrected chi connectivity index (χ3v) is 3.65. The highest BCUT2D eigenvalue weighted by Gasteiger charge is 2.52. The van der Waals surface area contributed by atoms with Crippen LogP contribution in [0.15, 0.2) is 0 Å². The molecule has 4 heteroatoms. The van der Waals surface area contributed by atoms with Crippen molar-refractivity contribution in [3.63, 3.8) is 0 Å². The van der Waals surface area contributed by atoms with Crippen molar-refractivity contribution >= 4 is 11.9 Å². The summed E-state index contributed by atoms with van der Waals surface area (Å²) in [4.78, 5) is 24.9. The van der Waals surface area contributed by atoms with Gasteiger partial charge in [0.25, 0.3) is 0 Å². The second-order valence-corrected chi connectivity index (χ2v) is 5.50. The van der Waals surface area contributed by atoms with E-state index in [2.05, 4.69) is 13.8 Å². The molecule has 1 amide bonds. The van der Waals surface area contributed by atoms with Crippen LogP contribution in [-0.2, 0) is 9.59 Å². The van der Waals surface area contributed by atoms with Gasteiger partial charge in [0.1, 0.15) is 5.41 Å². The van der Waals surface area contributed by atoms with Gasteiger partial charge in [-0.05, 0) is 31.6 Å². The van der Waals surface area contributed by atoms with E-state index in [9.17, 15) is 9.59 Å². The van der Waals surface area contributed by atoms with Gasteiger partial charge in [-0.25, -0.2) is 0 Å². The highest BCUT2D eigenvalue weighted by molar-refractivity contribution is 6.02. The average molecular weight is 241 g/mol. The minimum Gasteiger partial charge on any atom is -0.480 e. The summed E-state index contributed by atoms with van der Waals surface area (Å²) in [5.41, 5.74) is -1.10. The number of rotatable bonds is 6. The first-order valence-corrected chi connectivity index (χ1v) is 6.39. The third-order valence-electron chi connectivity index (χ3n) is 3.65. The van der Waals surface area contributed by atoms with Crippen molar-refractivity contribution in [2.24, 2.45) is 11.3 Å². The molecule has 1 aliphatic rings. The van der Waals surface area contributed by atoms with Gasteiger partial charge in [0.15, 0.2) is 0 Å². The lowest BCUT2D eigenvalue weighted by atomic mass is 9.68. The fourth-order valence-electron chi connectivity index (χ4n) is 2.25. The Hall–Kier alpha value is -1.06. The molecule has 98 valence electrons. The largest absolute Gasteiger partial charge is 0.480 e. The third kappa shape index (κ3) is 2.99. The van der Waals surface area contributed by atoms with Crippen LogP contribution in [0, 0.1) is 11.3 Å². The second-order valence-electron chi connectivity index (χ2n) is 5.50. The van der Waals surface area contributed by atoms with Gasteiger partial charge in [-0.1, -0.05) is 20.3 Å². The van der Waals surface area contributed by atoms with E-state index in [-0.39, 0.29) is 5.91 Å². The fourth-order valence-corrected chi connectivity index (χ4v) is 2.25. The number of hydrogen-bond donors (Lipinski definition) is 1. The van der Waals surface area contributed by atoms with E-state index >= 15 is 0 Å². The van der Waals surface area contributed by atoms with Crippen LogP contribution in [0.1, 0.15) is 46.0 Å². The van der Waals surface area contributed by atoms with Crippen LogP contribution < -0.4 is 0 Å². The topological polar surface area (TPSA) is 57.6 Å². The first kappa shape index (κ1) is 14.0. The molecule has 4 nitrogen and oxygen atoms in total. The molecule has 0 bridgehead atoms. The zero-order chi connectivity index (χ0) is 13.1. The molecule has 0 atom stereocenters. The van der Waals surface area contributed by atoms with E-state index in [0.29, 0.717) is 25.3 Å². The molecule has 0 aromatic heterocycles. The summed E-state index contributed by atoms with van der Waals surface area (Å²) in [5, 5.41) is 9.17. The minimum atomic E-state index is -1.10. The summed E-state index contributed by atoms with van der Waals surface area (Å²) in [6.07, 6.45) is 3.84. The fraction of sp³-hybridized carbons (Fsp3) is 0.846. The Kier molecular flexibility index (Phi) is 4.54. The van der Waals surface area contributed by atoms with Crippen molar-refractivity contribution in [2.75, 3.05) is 13.6 Å². The zero-order valence-corrected chi connectivity index (χ0v) is 11.0. The number of nitrogens with zero attached hydrogens (tertiary/aromatic N) is 1. The van der Waals surface area contributed by atoms with Gasteiger partial charge in [-0.3, -0.25) is 9.59 Å². The van der Waals surface area contributed by atoms with Crippen molar-refractivity contribution in [3.8, 4) is 0 Å². The number of hydrogen-bond acceptors (Lipinski definition) is 2. The van der Waals surface area contributed by atoms with E-state index < -0.39 is 11.4 Å². The van der Waals surface area contributed by atoms with Gasteiger partial charge in [0.2, 0.25) is 5.91 Å². The maximum Gasteiger partial charge on any atom is 0.319 e. The standard InChI is InChI=1S/C13H23NO3/c1-10(2)6-4-9-14(3)11(15)13(12(16)17)7-5-8-13/h10H,4-9H2,1-3H3,(H,16,17). The van der Waals surface area contributed by atoms with Crippen molar-refractivity contribution in [1.29, 1.82) is 0 Å². The summed E-state index contributed by atoms with van der Waals surface area (Å²) in [6, 6.07) is 0. The molecular weight excluding hydrogens is 218 g/mol. The molecule has 1 fully saturated rings. The van der Waals surface area contributed by atoms with Crippen LogP contribution >= 0.6 is 0 Å². The molecule has 0 unspecified atom stereocenters. The van der Waals surface area contributed by atoms with Crippen LogP contribution in [0.3, 0.4) is 0 Å². The van der Waals surface area contributed by atoms with Gasteiger partial charge in [0, 0.05) is 13.6 Å².